The van der Waals surface area contributed by atoms with Crippen LogP contribution >= 0.6 is 11.6 Å². The average molecular weight is 375 g/mol. The Morgan fingerprint density at radius 3 is 2.50 bits per heavy atom. The minimum Gasteiger partial charge on any atom is -0.324 e. The number of halogens is 3. The molecule has 0 aliphatic heterocycles. The van der Waals surface area contributed by atoms with Crippen molar-refractivity contribution in [2.24, 2.45) is 0 Å². The highest BCUT2D eigenvalue weighted by Crippen LogP contribution is 2.24. The van der Waals surface area contributed by atoms with Crippen LogP contribution in [0.2, 0.25) is 5.02 Å². The molecule has 0 radical (unpaired) electrons. The molecule has 0 bridgehead atoms. The monoisotopic (exact) mass is 374 g/mol. The topological polar surface area (TPSA) is 66.9 Å². The van der Waals surface area contributed by atoms with E-state index in [0.717, 1.165) is 23.4 Å². The molecule has 0 aliphatic carbocycles. The Labute approximate surface area is 153 Å². The molecular weight excluding hydrogens is 362 g/mol. The predicted octanol–water partition coefficient (Wildman–Crippen LogP) is 4.71. The van der Waals surface area contributed by atoms with Crippen molar-refractivity contribution in [3.05, 3.63) is 76.6 Å². The molecular formula is C18H13ClF2N4O. The second-order valence-electron chi connectivity index (χ2n) is 5.41. The molecule has 1 amide bonds. The number of hydrogen-bond acceptors (Lipinski definition) is 4. The van der Waals surface area contributed by atoms with E-state index in [0.29, 0.717) is 11.1 Å². The first kappa shape index (κ1) is 17.8. The maximum Gasteiger partial charge on any atom is 0.258 e. The maximum absolute atomic E-state index is 13.6. The zero-order chi connectivity index (χ0) is 18.7. The van der Waals surface area contributed by atoms with Gasteiger partial charge in [0.05, 0.1) is 11.3 Å². The predicted molar refractivity (Wildman–Crippen MR) is 95.8 cm³/mol. The molecule has 0 fully saturated rings. The van der Waals surface area contributed by atoms with Gasteiger partial charge >= 0.3 is 0 Å². The van der Waals surface area contributed by atoms with Crippen molar-refractivity contribution in [2.75, 3.05) is 10.6 Å². The Balaban J connectivity index is 1.72. The minimum atomic E-state index is -0.867. The second-order valence-corrected chi connectivity index (χ2v) is 5.82. The van der Waals surface area contributed by atoms with Crippen LogP contribution in [0.15, 0.2) is 48.8 Å². The molecule has 3 rings (SSSR count). The molecule has 5 nitrogen and oxygen atoms in total. The van der Waals surface area contributed by atoms with E-state index >= 15 is 0 Å². The van der Waals surface area contributed by atoms with Gasteiger partial charge < -0.3 is 10.6 Å². The number of anilines is 3. The smallest absolute Gasteiger partial charge is 0.258 e. The number of hydrogen-bond donors (Lipinski definition) is 2. The number of nitrogens with one attached hydrogen (secondary N) is 2. The highest BCUT2D eigenvalue weighted by atomic mass is 35.5. The maximum atomic E-state index is 13.6. The van der Waals surface area contributed by atoms with Crippen molar-refractivity contribution in [3.8, 4) is 0 Å². The van der Waals surface area contributed by atoms with E-state index < -0.39 is 17.5 Å². The van der Waals surface area contributed by atoms with Crippen LogP contribution in [0.25, 0.3) is 0 Å². The number of amides is 1. The summed E-state index contributed by atoms with van der Waals surface area (Å²) in [7, 11) is 0. The summed E-state index contributed by atoms with van der Waals surface area (Å²) in [5, 5.41) is 5.95. The van der Waals surface area contributed by atoms with Crippen molar-refractivity contribution in [2.45, 2.75) is 6.92 Å². The minimum absolute atomic E-state index is 0.127. The van der Waals surface area contributed by atoms with Gasteiger partial charge in [-0.25, -0.2) is 18.7 Å². The highest BCUT2D eigenvalue weighted by molar-refractivity contribution is 6.31. The SMILES string of the molecule is Cc1c(Cl)cccc1Nc1ncc(C(=O)Nc2ccc(F)cc2F)cn1. The van der Waals surface area contributed by atoms with Gasteiger partial charge in [0.25, 0.3) is 5.91 Å². The summed E-state index contributed by atoms with van der Waals surface area (Å²) < 4.78 is 26.5. The third-order valence-corrected chi connectivity index (χ3v) is 4.02. The van der Waals surface area contributed by atoms with E-state index in [-0.39, 0.29) is 17.2 Å². The molecule has 1 aromatic heterocycles. The summed E-state index contributed by atoms with van der Waals surface area (Å²) in [5.41, 5.74) is 1.57. The molecule has 0 atom stereocenters. The van der Waals surface area contributed by atoms with Crippen molar-refractivity contribution in [1.82, 2.24) is 9.97 Å². The van der Waals surface area contributed by atoms with Gasteiger partial charge in [-0.3, -0.25) is 4.79 Å². The lowest BCUT2D eigenvalue weighted by Gasteiger charge is -2.10. The number of benzene rings is 2. The van der Waals surface area contributed by atoms with E-state index in [1.165, 1.54) is 12.4 Å². The molecule has 0 spiro atoms. The first-order valence-corrected chi connectivity index (χ1v) is 7.92. The lowest BCUT2D eigenvalue weighted by Crippen LogP contribution is -2.14. The van der Waals surface area contributed by atoms with Crippen LogP contribution in [0.4, 0.5) is 26.1 Å². The van der Waals surface area contributed by atoms with Gasteiger partial charge in [-0.2, -0.15) is 0 Å². The van der Waals surface area contributed by atoms with Crippen molar-refractivity contribution in [1.29, 1.82) is 0 Å². The molecule has 0 saturated heterocycles. The van der Waals surface area contributed by atoms with Crippen LogP contribution in [0.5, 0.6) is 0 Å². The Bertz CT molecular complexity index is 964. The second kappa shape index (κ2) is 7.45. The third-order valence-electron chi connectivity index (χ3n) is 3.61. The summed E-state index contributed by atoms with van der Waals surface area (Å²) in [6.07, 6.45) is 2.60. The van der Waals surface area contributed by atoms with Gasteiger partial charge in [-0.05, 0) is 36.8 Å². The Morgan fingerprint density at radius 2 is 1.81 bits per heavy atom. The normalized spacial score (nSPS) is 10.5. The fourth-order valence-corrected chi connectivity index (χ4v) is 2.33. The van der Waals surface area contributed by atoms with Gasteiger partial charge in [0.2, 0.25) is 5.95 Å². The van der Waals surface area contributed by atoms with E-state index in [9.17, 15) is 13.6 Å². The fraction of sp³-hybridized carbons (Fsp3) is 0.0556. The van der Waals surface area contributed by atoms with E-state index in [1.54, 1.807) is 12.1 Å². The van der Waals surface area contributed by atoms with Crippen LogP contribution < -0.4 is 10.6 Å². The molecule has 26 heavy (non-hydrogen) atoms. The van der Waals surface area contributed by atoms with E-state index in [1.807, 2.05) is 13.0 Å². The van der Waals surface area contributed by atoms with Gasteiger partial charge in [-0.15, -0.1) is 0 Å². The number of nitrogens with zero attached hydrogens (tertiary/aromatic N) is 2. The van der Waals surface area contributed by atoms with Gasteiger partial charge in [0, 0.05) is 29.2 Å². The molecule has 3 aromatic rings. The van der Waals surface area contributed by atoms with Gasteiger partial charge in [-0.1, -0.05) is 17.7 Å². The summed E-state index contributed by atoms with van der Waals surface area (Å²) >= 11 is 6.06. The summed E-state index contributed by atoms with van der Waals surface area (Å²) in [6, 6.07) is 8.26. The lowest BCUT2D eigenvalue weighted by atomic mass is 10.2. The molecule has 8 heteroatoms. The van der Waals surface area contributed by atoms with Gasteiger partial charge in [0.15, 0.2) is 0 Å². The van der Waals surface area contributed by atoms with Crippen LogP contribution in [0, 0.1) is 18.6 Å². The molecule has 1 heterocycles. The van der Waals surface area contributed by atoms with Crippen LogP contribution in [0.1, 0.15) is 15.9 Å². The van der Waals surface area contributed by atoms with Crippen molar-refractivity contribution >= 4 is 34.8 Å². The highest BCUT2D eigenvalue weighted by Gasteiger charge is 2.12. The molecule has 0 aliphatic rings. The first-order valence-electron chi connectivity index (χ1n) is 7.54. The summed E-state index contributed by atoms with van der Waals surface area (Å²) in [4.78, 5) is 20.3. The average Bonchev–Trinajstić information content (AvgIpc) is 2.62. The quantitative estimate of drug-likeness (QED) is 0.694. The number of rotatable bonds is 4. The molecule has 0 saturated carbocycles. The lowest BCUT2D eigenvalue weighted by molar-refractivity contribution is 0.102. The zero-order valence-electron chi connectivity index (χ0n) is 13.6. The zero-order valence-corrected chi connectivity index (χ0v) is 14.3. The van der Waals surface area contributed by atoms with Crippen molar-refractivity contribution in [3.63, 3.8) is 0 Å². The molecule has 0 unspecified atom stereocenters. The van der Waals surface area contributed by atoms with Crippen LogP contribution in [-0.4, -0.2) is 15.9 Å². The fourth-order valence-electron chi connectivity index (χ4n) is 2.16. The number of carbonyl (C=O) groups excluding carboxylic acids is 1. The summed E-state index contributed by atoms with van der Waals surface area (Å²) in [6.45, 7) is 1.85. The Kier molecular flexibility index (Phi) is 5.09. The molecule has 2 aromatic carbocycles. The summed E-state index contributed by atoms with van der Waals surface area (Å²) in [5.74, 6) is -1.93. The third kappa shape index (κ3) is 3.94. The van der Waals surface area contributed by atoms with Crippen LogP contribution in [-0.2, 0) is 0 Å². The van der Waals surface area contributed by atoms with Crippen molar-refractivity contribution < 1.29 is 13.6 Å². The van der Waals surface area contributed by atoms with Gasteiger partial charge in [0.1, 0.15) is 11.6 Å². The standard InChI is InChI=1S/C18H13ClF2N4O/c1-10-13(19)3-2-4-15(10)25-18-22-8-11(9-23-18)17(26)24-16-6-5-12(20)7-14(16)21/h2-9H,1H3,(H,24,26)(H,22,23,25). The van der Waals surface area contributed by atoms with E-state index in [4.69, 9.17) is 11.6 Å². The largest absolute Gasteiger partial charge is 0.324 e. The van der Waals surface area contributed by atoms with Crippen LogP contribution in [0.3, 0.4) is 0 Å². The Hall–Kier alpha value is -3.06. The first-order chi connectivity index (χ1) is 12.4. The molecule has 2 N–H and O–H groups in total. The van der Waals surface area contributed by atoms with E-state index in [2.05, 4.69) is 20.6 Å². The number of carbonyl (C=O) groups is 1. The molecule has 132 valence electrons. The Morgan fingerprint density at radius 1 is 1.08 bits per heavy atom. The number of aromatic nitrogens is 2.